The van der Waals surface area contributed by atoms with E-state index in [4.69, 9.17) is 5.73 Å². The number of sulfonamides is 1. The quantitative estimate of drug-likeness (QED) is 0.929. The summed E-state index contributed by atoms with van der Waals surface area (Å²) < 4.78 is 27.6. The molecule has 1 atom stereocenters. The van der Waals surface area contributed by atoms with Crippen molar-refractivity contribution < 1.29 is 8.42 Å². The van der Waals surface area contributed by atoms with Gasteiger partial charge in [-0.25, -0.2) is 8.42 Å². The number of rotatable bonds is 4. The van der Waals surface area contributed by atoms with Crippen LogP contribution in [0.25, 0.3) is 0 Å². The van der Waals surface area contributed by atoms with Crippen molar-refractivity contribution in [1.82, 2.24) is 4.31 Å². The maximum absolute atomic E-state index is 13.0. The van der Waals surface area contributed by atoms with E-state index < -0.39 is 10.0 Å². The predicted molar refractivity (Wildman–Crippen MR) is 85.5 cm³/mol. The third-order valence-corrected chi connectivity index (χ3v) is 6.32. The monoisotopic (exact) mass is 310 g/mol. The summed E-state index contributed by atoms with van der Waals surface area (Å²) >= 11 is 0. The molecule has 1 aromatic rings. The Balaban J connectivity index is 2.38. The number of nitrogens with two attached hydrogens (primary N) is 1. The highest BCUT2D eigenvalue weighted by Crippen LogP contribution is 2.26. The Labute approximate surface area is 128 Å². The zero-order chi connectivity index (χ0) is 15.5. The van der Waals surface area contributed by atoms with E-state index in [2.05, 4.69) is 6.92 Å². The fraction of sp³-hybridized carbons (Fsp3) is 0.625. The lowest BCUT2D eigenvalue weighted by Gasteiger charge is -2.22. The first kappa shape index (κ1) is 16.5. The number of nitrogens with zero attached hydrogens (tertiary/aromatic N) is 1. The Morgan fingerprint density at radius 3 is 2.71 bits per heavy atom. The van der Waals surface area contributed by atoms with Gasteiger partial charge in [0.2, 0.25) is 10.0 Å². The minimum Gasteiger partial charge on any atom is -0.326 e. The number of hydrogen-bond donors (Lipinski definition) is 1. The van der Waals surface area contributed by atoms with Crippen LogP contribution in [0.15, 0.2) is 23.1 Å². The van der Waals surface area contributed by atoms with Crippen LogP contribution < -0.4 is 5.73 Å². The van der Waals surface area contributed by atoms with E-state index >= 15 is 0 Å². The molecule has 0 amide bonds. The minimum atomic E-state index is -3.41. The van der Waals surface area contributed by atoms with Crippen LogP contribution in [0.4, 0.5) is 0 Å². The van der Waals surface area contributed by atoms with Gasteiger partial charge in [-0.3, -0.25) is 0 Å². The maximum atomic E-state index is 13.0. The van der Waals surface area contributed by atoms with Crippen molar-refractivity contribution in [3.63, 3.8) is 0 Å². The van der Waals surface area contributed by atoms with Crippen molar-refractivity contribution >= 4 is 10.0 Å². The maximum Gasteiger partial charge on any atom is 0.243 e. The molecule has 4 nitrogen and oxygen atoms in total. The highest BCUT2D eigenvalue weighted by Gasteiger charge is 2.28. The summed E-state index contributed by atoms with van der Waals surface area (Å²) in [5, 5.41) is 0. The molecule has 0 aliphatic carbocycles. The predicted octanol–water partition coefficient (Wildman–Crippen LogP) is 2.52. The Bertz CT molecular complexity index is 584. The summed E-state index contributed by atoms with van der Waals surface area (Å²) in [6, 6.07) is 5.57. The standard InChI is InChI=1S/C16H26N2O2S/c1-3-15-7-6-14(12-17)11-16(15)21(19,20)18-9-4-5-13(2)8-10-18/h6-7,11,13H,3-5,8-10,12,17H2,1-2H3. The van der Waals surface area contributed by atoms with E-state index in [1.54, 1.807) is 10.4 Å². The molecule has 1 aromatic carbocycles. The number of aryl methyl sites for hydroxylation is 1. The van der Waals surface area contributed by atoms with E-state index in [-0.39, 0.29) is 0 Å². The van der Waals surface area contributed by atoms with Crippen molar-refractivity contribution in [3.05, 3.63) is 29.3 Å². The lowest BCUT2D eigenvalue weighted by Crippen LogP contribution is -2.32. The Morgan fingerprint density at radius 2 is 2.05 bits per heavy atom. The summed E-state index contributed by atoms with van der Waals surface area (Å²) in [4.78, 5) is 0.447. The van der Waals surface area contributed by atoms with Gasteiger partial charge in [-0.2, -0.15) is 4.31 Å². The van der Waals surface area contributed by atoms with Crippen molar-refractivity contribution in [1.29, 1.82) is 0 Å². The molecule has 21 heavy (non-hydrogen) atoms. The van der Waals surface area contributed by atoms with E-state index in [0.29, 0.717) is 36.9 Å². The van der Waals surface area contributed by atoms with E-state index in [9.17, 15) is 8.42 Å². The second-order valence-electron chi connectivity index (χ2n) is 5.94. The molecule has 1 aliphatic rings. The van der Waals surface area contributed by atoms with Gasteiger partial charge >= 0.3 is 0 Å². The molecule has 2 rings (SSSR count). The lowest BCUT2D eigenvalue weighted by atomic mass is 10.0. The molecule has 1 heterocycles. The van der Waals surface area contributed by atoms with Gasteiger partial charge in [0.1, 0.15) is 0 Å². The molecule has 0 bridgehead atoms. The van der Waals surface area contributed by atoms with Gasteiger partial charge in [0.25, 0.3) is 0 Å². The molecule has 1 unspecified atom stereocenters. The normalized spacial score (nSPS) is 21.2. The third-order valence-electron chi connectivity index (χ3n) is 4.34. The molecule has 0 radical (unpaired) electrons. The zero-order valence-corrected chi connectivity index (χ0v) is 13.8. The summed E-state index contributed by atoms with van der Waals surface area (Å²) in [6.07, 6.45) is 3.70. The Kier molecular flexibility index (Phi) is 5.41. The SMILES string of the molecule is CCc1ccc(CN)cc1S(=O)(=O)N1CCCC(C)CC1. The van der Waals surface area contributed by atoms with Crippen molar-refractivity contribution in [2.45, 2.75) is 51.0 Å². The molecule has 0 aromatic heterocycles. The summed E-state index contributed by atoms with van der Waals surface area (Å²) in [6.45, 7) is 5.80. The Morgan fingerprint density at radius 1 is 1.29 bits per heavy atom. The van der Waals surface area contributed by atoms with Crippen LogP contribution in [-0.2, 0) is 23.0 Å². The number of benzene rings is 1. The van der Waals surface area contributed by atoms with E-state index in [1.165, 1.54) is 0 Å². The van der Waals surface area contributed by atoms with Crippen LogP contribution in [0.3, 0.4) is 0 Å². The molecule has 1 aliphatic heterocycles. The van der Waals surface area contributed by atoms with Gasteiger partial charge in [0, 0.05) is 19.6 Å². The average Bonchev–Trinajstić information content (AvgIpc) is 2.71. The van der Waals surface area contributed by atoms with Gasteiger partial charge in [0.15, 0.2) is 0 Å². The van der Waals surface area contributed by atoms with Gasteiger partial charge < -0.3 is 5.73 Å². The molecule has 1 saturated heterocycles. The van der Waals surface area contributed by atoms with Crippen molar-refractivity contribution in [3.8, 4) is 0 Å². The molecule has 5 heteroatoms. The van der Waals surface area contributed by atoms with Gasteiger partial charge in [-0.05, 0) is 48.8 Å². The van der Waals surface area contributed by atoms with Crippen LogP contribution in [0.2, 0.25) is 0 Å². The first-order chi connectivity index (χ1) is 9.98. The van der Waals surface area contributed by atoms with Crippen LogP contribution in [-0.4, -0.2) is 25.8 Å². The highest BCUT2D eigenvalue weighted by atomic mass is 32.2. The van der Waals surface area contributed by atoms with Crippen molar-refractivity contribution in [2.24, 2.45) is 11.7 Å². The van der Waals surface area contributed by atoms with Crippen LogP contribution in [0.1, 0.15) is 44.2 Å². The zero-order valence-electron chi connectivity index (χ0n) is 13.0. The summed E-state index contributed by atoms with van der Waals surface area (Å²) in [5.74, 6) is 0.603. The second-order valence-corrected chi connectivity index (χ2v) is 7.85. The van der Waals surface area contributed by atoms with E-state index in [1.807, 2.05) is 19.1 Å². The van der Waals surface area contributed by atoms with Gasteiger partial charge in [-0.1, -0.05) is 26.0 Å². The first-order valence-corrected chi connectivity index (χ1v) is 9.25. The van der Waals surface area contributed by atoms with Crippen LogP contribution in [0.5, 0.6) is 0 Å². The van der Waals surface area contributed by atoms with Crippen LogP contribution in [0, 0.1) is 5.92 Å². The molecule has 118 valence electrons. The molecular formula is C16H26N2O2S. The minimum absolute atomic E-state index is 0.365. The topological polar surface area (TPSA) is 63.4 Å². The Hall–Kier alpha value is -0.910. The van der Waals surface area contributed by atoms with Crippen LogP contribution >= 0.6 is 0 Å². The molecule has 2 N–H and O–H groups in total. The van der Waals surface area contributed by atoms with Gasteiger partial charge in [-0.15, -0.1) is 0 Å². The third kappa shape index (κ3) is 3.65. The smallest absolute Gasteiger partial charge is 0.243 e. The fourth-order valence-electron chi connectivity index (χ4n) is 2.87. The van der Waals surface area contributed by atoms with Crippen molar-refractivity contribution in [2.75, 3.05) is 13.1 Å². The largest absolute Gasteiger partial charge is 0.326 e. The molecule has 0 saturated carbocycles. The second kappa shape index (κ2) is 6.90. The summed E-state index contributed by atoms with van der Waals surface area (Å²) in [5.41, 5.74) is 7.42. The average molecular weight is 310 g/mol. The molecular weight excluding hydrogens is 284 g/mol. The van der Waals surface area contributed by atoms with Gasteiger partial charge in [0.05, 0.1) is 4.90 Å². The molecule has 0 spiro atoms. The number of hydrogen-bond acceptors (Lipinski definition) is 3. The van der Waals surface area contributed by atoms with E-state index in [0.717, 1.165) is 30.4 Å². The first-order valence-electron chi connectivity index (χ1n) is 7.81. The lowest BCUT2D eigenvalue weighted by molar-refractivity contribution is 0.416. The summed E-state index contributed by atoms with van der Waals surface area (Å²) in [7, 11) is -3.41. The highest BCUT2D eigenvalue weighted by molar-refractivity contribution is 7.89. The molecule has 1 fully saturated rings. The fourth-order valence-corrected chi connectivity index (χ4v) is 4.71.